The molecule has 8 heteroatoms. The molecule has 27 heavy (non-hydrogen) atoms. The van der Waals surface area contributed by atoms with E-state index in [1.807, 2.05) is 29.1 Å². The van der Waals surface area contributed by atoms with Crippen molar-refractivity contribution < 1.29 is 14.2 Å². The van der Waals surface area contributed by atoms with Gasteiger partial charge in [-0.1, -0.05) is 6.07 Å². The van der Waals surface area contributed by atoms with E-state index in [0.29, 0.717) is 12.6 Å². The highest BCUT2D eigenvalue weighted by Crippen LogP contribution is 2.33. The van der Waals surface area contributed by atoms with E-state index in [1.165, 1.54) is 5.56 Å². The maximum absolute atomic E-state index is 6.03. The standard InChI is InChI=1S/C19H19N5O3/c1-5-20-19(21-6-1)27-16-11-23(10-15-4-7-22-24(15)12-16)9-14-2-3-17-18(8-14)26-13-25-17/h1-8,16H,9-13H2. The minimum Gasteiger partial charge on any atom is -0.457 e. The van der Waals surface area contributed by atoms with E-state index in [4.69, 9.17) is 14.2 Å². The Morgan fingerprint density at radius 1 is 1.04 bits per heavy atom. The van der Waals surface area contributed by atoms with Gasteiger partial charge in [-0.25, -0.2) is 9.97 Å². The van der Waals surface area contributed by atoms with Crippen molar-refractivity contribution in [2.75, 3.05) is 13.3 Å². The van der Waals surface area contributed by atoms with Crippen molar-refractivity contribution in [2.45, 2.75) is 25.7 Å². The van der Waals surface area contributed by atoms with Crippen LogP contribution in [0.3, 0.4) is 0 Å². The van der Waals surface area contributed by atoms with Crippen molar-refractivity contribution in [3.63, 3.8) is 0 Å². The molecular formula is C19H19N5O3. The number of benzene rings is 1. The number of fused-ring (bicyclic) bond motifs is 2. The zero-order valence-electron chi connectivity index (χ0n) is 14.7. The number of nitrogens with zero attached hydrogens (tertiary/aromatic N) is 5. The van der Waals surface area contributed by atoms with E-state index >= 15 is 0 Å². The molecule has 1 atom stereocenters. The van der Waals surface area contributed by atoms with Gasteiger partial charge in [0.25, 0.3) is 0 Å². The molecule has 1 unspecified atom stereocenters. The van der Waals surface area contributed by atoms with E-state index in [2.05, 4.69) is 26.0 Å². The topological polar surface area (TPSA) is 74.5 Å². The summed E-state index contributed by atoms with van der Waals surface area (Å²) in [5, 5.41) is 4.43. The van der Waals surface area contributed by atoms with Crippen LogP contribution in [-0.4, -0.2) is 44.1 Å². The normalized spacial score (nSPS) is 18.7. The highest BCUT2D eigenvalue weighted by molar-refractivity contribution is 5.44. The lowest BCUT2D eigenvalue weighted by Gasteiger charge is -2.24. The summed E-state index contributed by atoms with van der Waals surface area (Å²) in [6.07, 6.45) is 5.10. The van der Waals surface area contributed by atoms with Crippen LogP contribution in [0.15, 0.2) is 48.9 Å². The summed E-state index contributed by atoms with van der Waals surface area (Å²) in [5.41, 5.74) is 2.33. The summed E-state index contributed by atoms with van der Waals surface area (Å²) in [6.45, 7) is 3.27. The van der Waals surface area contributed by atoms with Gasteiger partial charge in [-0.05, 0) is 29.8 Å². The Kier molecular flexibility index (Phi) is 4.10. The first kappa shape index (κ1) is 16.1. The molecule has 0 N–H and O–H groups in total. The number of hydrogen-bond acceptors (Lipinski definition) is 7. The molecule has 8 nitrogen and oxygen atoms in total. The molecule has 0 radical (unpaired) electrons. The van der Waals surface area contributed by atoms with Crippen molar-refractivity contribution in [3.8, 4) is 17.5 Å². The third kappa shape index (κ3) is 3.43. The Hall–Kier alpha value is -3.13. The van der Waals surface area contributed by atoms with Crippen LogP contribution in [0.25, 0.3) is 0 Å². The molecule has 0 saturated carbocycles. The fourth-order valence-electron chi connectivity index (χ4n) is 3.48. The van der Waals surface area contributed by atoms with Gasteiger partial charge in [0.1, 0.15) is 6.10 Å². The average molecular weight is 365 g/mol. The van der Waals surface area contributed by atoms with E-state index in [9.17, 15) is 0 Å². The quantitative estimate of drug-likeness (QED) is 0.699. The summed E-state index contributed by atoms with van der Waals surface area (Å²) < 4.78 is 18.9. The Morgan fingerprint density at radius 3 is 2.85 bits per heavy atom. The van der Waals surface area contributed by atoms with Gasteiger partial charge in [0.15, 0.2) is 11.5 Å². The van der Waals surface area contributed by atoms with Gasteiger partial charge < -0.3 is 14.2 Å². The second-order valence-corrected chi connectivity index (χ2v) is 6.63. The smallest absolute Gasteiger partial charge is 0.316 e. The van der Waals surface area contributed by atoms with Crippen LogP contribution in [0.1, 0.15) is 11.3 Å². The molecular weight excluding hydrogens is 346 g/mol. The van der Waals surface area contributed by atoms with Gasteiger partial charge in [-0.15, -0.1) is 0 Å². The molecule has 1 aromatic carbocycles. The van der Waals surface area contributed by atoms with Crippen LogP contribution < -0.4 is 14.2 Å². The zero-order chi connectivity index (χ0) is 18.1. The third-order valence-corrected chi connectivity index (χ3v) is 4.69. The Morgan fingerprint density at radius 2 is 1.93 bits per heavy atom. The highest BCUT2D eigenvalue weighted by atomic mass is 16.7. The Labute approximate surface area is 156 Å². The van der Waals surface area contributed by atoms with Crippen LogP contribution in [0.4, 0.5) is 0 Å². The number of ether oxygens (including phenoxy) is 3. The molecule has 0 spiro atoms. The lowest BCUT2D eigenvalue weighted by molar-refractivity contribution is 0.113. The van der Waals surface area contributed by atoms with Crippen molar-refractivity contribution in [1.29, 1.82) is 0 Å². The first-order chi connectivity index (χ1) is 13.3. The molecule has 0 saturated heterocycles. The largest absolute Gasteiger partial charge is 0.457 e. The average Bonchev–Trinajstić information content (AvgIpc) is 3.28. The molecule has 4 heterocycles. The van der Waals surface area contributed by atoms with Gasteiger partial charge in [0.05, 0.1) is 12.2 Å². The Balaban J connectivity index is 1.36. The zero-order valence-corrected chi connectivity index (χ0v) is 14.7. The van der Waals surface area contributed by atoms with Gasteiger partial charge in [0.2, 0.25) is 6.79 Å². The molecule has 5 rings (SSSR count). The van der Waals surface area contributed by atoms with Crippen LogP contribution in [0, 0.1) is 0 Å². The SMILES string of the molecule is c1cnc(OC2CN(Cc3ccc4c(c3)OCO4)Cc3ccnn3C2)nc1. The fourth-order valence-corrected chi connectivity index (χ4v) is 3.48. The molecule has 3 aromatic rings. The van der Waals surface area contributed by atoms with Gasteiger partial charge in [-0.3, -0.25) is 9.58 Å². The summed E-state index contributed by atoms with van der Waals surface area (Å²) in [7, 11) is 0. The van der Waals surface area contributed by atoms with E-state index in [1.54, 1.807) is 18.5 Å². The summed E-state index contributed by atoms with van der Waals surface area (Å²) in [6, 6.07) is 10.3. The fraction of sp³-hybridized carbons (Fsp3) is 0.316. The number of aromatic nitrogens is 4. The van der Waals surface area contributed by atoms with Gasteiger partial charge in [-0.2, -0.15) is 5.10 Å². The lowest BCUT2D eigenvalue weighted by atomic mass is 10.1. The third-order valence-electron chi connectivity index (χ3n) is 4.69. The van der Waals surface area contributed by atoms with Crippen LogP contribution in [-0.2, 0) is 19.6 Å². The summed E-state index contributed by atoms with van der Waals surface area (Å²) >= 11 is 0. The van der Waals surface area contributed by atoms with E-state index < -0.39 is 0 Å². The molecule has 2 aliphatic heterocycles. The predicted octanol–water partition coefficient (Wildman–Crippen LogP) is 1.87. The second kappa shape index (κ2) is 6.88. The maximum Gasteiger partial charge on any atom is 0.316 e. The molecule has 0 aliphatic carbocycles. The van der Waals surface area contributed by atoms with Crippen molar-refractivity contribution in [1.82, 2.24) is 24.6 Å². The Bertz CT molecular complexity index is 930. The first-order valence-corrected chi connectivity index (χ1v) is 8.89. The van der Waals surface area contributed by atoms with Gasteiger partial charge in [0, 0.05) is 38.2 Å². The lowest BCUT2D eigenvalue weighted by Crippen LogP contribution is -2.35. The number of hydrogen-bond donors (Lipinski definition) is 0. The summed E-state index contributed by atoms with van der Waals surface area (Å²) in [4.78, 5) is 10.7. The number of rotatable bonds is 4. The minimum atomic E-state index is -0.0949. The molecule has 2 aliphatic rings. The molecule has 0 amide bonds. The first-order valence-electron chi connectivity index (χ1n) is 8.89. The molecule has 0 fully saturated rings. The predicted molar refractivity (Wildman–Crippen MR) is 95.4 cm³/mol. The highest BCUT2D eigenvalue weighted by Gasteiger charge is 2.25. The van der Waals surface area contributed by atoms with Crippen LogP contribution in [0.2, 0.25) is 0 Å². The molecule has 138 valence electrons. The molecule has 2 aromatic heterocycles. The van der Waals surface area contributed by atoms with Crippen molar-refractivity contribution in [3.05, 3.63) is 60.2 Å². The molecule has 0 bridgehead atoms. The van der Waals surface area contributed by atoms with Crippen molar-refractivity contribution in [2.24, 2.45) is 0 Å². The maximum atomic E-state index is 6.03. The van der Waals surface area contributed by atoms with E-state index in [0.717, 1.165) is 36.8 Å². The van der Waals surface area contributed by atoms with Crippen molar-refractivity contribution >= 4 is 0 Å². The van der Waals surface area contributed by atoms with Gasteiger partial charge >= 0.3 is 6.01 Å². The minimum absolute atomic E-state index is 0.0949. The van der Waals surface area contributed by atoms with E-state index in [-0.39, 0.29) is 12.9 Å². The summed E-state index contributed by atoms with van der Waals surface area (Å²) in [5.74, 6) is 1.60. The monoisotopic (exact) mass is 365 g/mol. The van der Waals surface area contributed by atoms with Crippen LogP contribution in [0.5, 0.6) is 17.5 Å². The van der Waals surface area contributed by atoms with Crippen LogP contribution >= 0.6 is 0 Å². The second-order valence-electron chi connectivity index (χ2n) is 6.63.